The predicted octanol–water partition coefficient (Wildman–Crippen LogP) is 1.25. The van der Waals surface area contributed by atoms with Gasteiger partial charge in [-0.3, -0.25) is 9.59 Å². The van der Waals surface area contributed by atoms with Crippen LogP contribution < -0.4 is 10.6 Å². The zero-order valence-electron chi connectivity index (χ0n) is 12.8. The molecule has 0 bridgehead atoms. The van der Waals surface area contributed by atoms with E-state index in [1.807, 2.05) is 38.1 Å². The summed E-state index contributed by atoms with van der Waals surface area (Å²) in [6.45, 7) is 5.78. The molecule has 5 nitrogen and oxygen atoms in total. The number of anilines is 1. The molecule has 114 valence electrons. The van der Waals surface area contributed by atoms with E-state index in [1.165, 1.54) is 4.90 Å². The van der Waals surface area contributed by atoms with Gasteiger partial charge in [0.25, 0.3) is 0 Å². The van der Waals surface area contributed by atoms with Crippen LogP contribution >= 0.6 is 0 Å². The van der Waals surface area contributed by atoms with Gasteiger partial charge < -0.3 is 15.5 Å². The molecule has 2 N–H and O–H groups in total. The largest absolute Gasteiger partial charge is 0.336 e. The number of hydrogen-bond donors (Lipinski definition) is 2. The molecule has 1 unspecified atom stereocenters. The van der Waals surface area contributed by atoms with E-state index in [0.29, 0.717) is 5.92 Å². The van der Waals surface area contributed by atoms with E-state index >= 15 is 0 Å². The van der Waals surface area contributed by atoms with Crippen LogP contribution in [0.25, 0.3) is 0 Å². The molecule has 0 saturated carbocycles. The summed E-state index contributed by atoms with van der Waals surface area (Å²) in [6, 6.07) is 7.60. The van der Waals surface area contributed by atoms with E-state index in [2.05, 4.69) is 10.6 Å². The van der Waals surface area contributed by atoms with Crippen LogP contribution in [0.1, 0.15) is 12.5 Å². The van der Waals surface area contributed by atoms with Gasteiger partial charge >= 0.3 is 0 Å². The maximum Gasteiger partial charge on any atom is 0.243 e. The lowest BCUT2D eigenvalue weighted by Crippen LogP contribution is -2.50. The highest BCUT2D eigenvalue weighted by molar-refractivity contribution is 5.94. The standard InChI is InChI=1S/C16H23N3O2/c1-11-4-6-14(7-5-11)18-15(20)10-19(3)16(21)12(2)13-8-17-9-13/h4-7,12-13,17H,8-10H2,1-3H3,(H,18,20). The second-order valence-corrected chi connectivity index (χ2v) is 5.82. The van der Waals surface area contributed by atoms with Gasteiger partial charge in [0, 0.05) is 18.7 Å². The third-order valence-electron chi connectivity index (χ3n) is 4.00. The van der Waals surface area contributed by atoms with Crippen LogP contribution in [0.4, 0.5) is 5.69 Å². The maximum absolute atomic E-state index is 12.2. The molecule has 1 aromatic rings. The molecule has 1 fully saturated rings. The van der Waals surface area contributed by atoms with Crippen LogP contribution in [0.2, 0.25) is 0 Å². The Morgan fingerprint density at radius 1 is 1.33 bits per heavy atom. The topological polar surface area (TPSA) is 61.4 Å². The Bertz CT molecular complexity index is 509. The molecule has 0 aromatic heterocycles. The van der Waals surface area contributed by atoms with Crippen LogP contribution in [-0.2, 0) is 9.59 Å². The molecule has 2 amide bonds. The summed E-state index contributed by atoms with van der Waals surface area (Å²) in [5.74, 6) is 0.206. The van der Waals surface area contributed by atoms with Crippen LogP contribution in [0.3, 0.4) is 0 Å². The highest BCUT2D eigenvalue weighted by Gasteiger charge is 2.30. The molecule has 2 rings (SSSR count). The fraction of sp³-hybridized carbons (Fsp3) is 0.500. The van der Waals surface area contributed by atoms with Crippen LogP contribution in [0.5, 0.6) is 0 Å². The van der Waals surface area contributed by atoms with Gasteiger partial charge in [-0.15, -0.1) is 0 Å². The average Bonchev–Trinajstić information content (AvgIpc) is 2.38. The first-order valence-electron chi connectivity index (χ1n) is 7.29. The zero-order chi connectivity index (χ0) is 15.4. The molecule has 0 radical (unpaired) electrons. The Labute approximate surface area is 125 Å². The number of benzene rings is 1. The van der Waals surface area contributed by atoms with Crippen molar-refractivity contribution >= 4 is 17.5 Å². The Kier molecular flexibility index (Phi) is 4.96. The maximum atomic E-state index is 12.2. The number of nitrogens with zero attached hydrogens (tertiary/aromatic N) is 1. The van der Waals surface area contributed by atoms with Crippen molar-refractivity contribution in [1.29, 1.82) is 0 Å². The van der Waals surface area contributed by atoms with Crippen LogP contribution in [0.15, 0.2) is 24.3 Å². The van der Waals surface area contributed by atoms with Gasteiger partial charge in [-0.2, -0.15) is 0 Å². The predicted molar refractivity (Wildman–Crippen MR) is 83.0 cm³/mol. The van der Waals surface area contributed by atoms with Crippen LogP contribution in [0, 0.1) is 18.8 Å². The third kappa shape index (κ3) is 4.04. The van der Waals surface area contributed by atoms with Crippen molar-refractivity contribution in [3.63, 3.8) is 0 Å². The highest BCUT2D eigenvalue weighted by atomic mass is 16.2. The first-order valence-corrected chi connectivity index (χ1v) is 7.29. The summed E-state index contributed by atoms with van der Waals surface area (Å²) in [5.41, 5.74) is 1.89. The van der Waals surface area contributed by atoms with Gasteiger partial charge in [0.15, 0.2) is 0 Å². The van der Waals surface area contributed by atoms with Crippen LogP contribution in [-0.4, -0.2) is 43.4 Å². The number of likely N-dealkylation sites (N-methyl/N-ethyl adjacent to an activating group) is 1. The minimum atomic E-state index is -0.173. The number of rotatable bonds is 5. The van der Waals surface area contributed by atoms with E-state index in [9.17, 15) is 9.59 Å². The summed E-state index contributed by atoms with van der Waals surface area (Å²) < 4.78 is 0. The molecular formula is C16H23N3O2. The fourth-order valence-electron chi connectivity index (χ4n) is 2.34. The van der Waals surface area contributed by atoms with E-state index in [-0.39, 0.29) is 24.3 Å². The lowest BCUT2D eigenvalue weighted by Gasteiger charge is -2.33. The Balaban J connectivity index is 1.83. The summed E-state index contributed by atoms with van der Waals surface area (Å²) in [6.07, 6.45) is 0. The Morgan fingerprint density at radius 3 is 2.48 bits per heavy atom. The molecule has 1 atom stereocenters. The van der Waals surface area contributed by atoms with Crippen molar-refractivity contribution < 1.29 is 9.59 Å². The third-order valence-corrected chi connectivity index (χ3v) is 4.00. The smallest absolute Gasteiger partial charge is 0.243 e. The molecule has 21 heavy (non-hydrogen) atoms. The van der Waals surface area contributed by atoms with Gasteiger partial charge in [0.2, 0.25) is 11.8 Å². The molecule has 0 aliphatic carbocycles. The Morgan fingerprint density at radius 2 is 1.95 bits per heavy atom. The average molecular weight is 289 g/mol. The molecule has 1 aliphatic heterocycles. The van der Waals surface area contributed by atoms with Gasteiger partial charge in [-0.1, -0.05) is 24.6 Å². The monoisotopic (exact) mass is 289 g/mol. The molecule has 1 heterocycles. The second-order valence-electron chi connectivity index (χ2n) is 5.82. The first-order chi connectivity index (χ1) is 9.97. The van der Waals surface area contributed by atoms with Crippen molar-refractivity contribution in [2.75, 3.05) is 32.0 Å². The molecule has 1 saturated heterocycles. The van der Waals surface area contributed by atoms with Gasteiger partial charge in [0.1, 0.15) is 0 Å². The molecule has 1 aliphatic rings. The molecule has 0 spiro atoms. The van der Waals surface area contributed by atoms with E-state index in [0.717, 1.165) is 24.3 Å². The van der Waals surface area contributed by atoms with Crippen molar-refractivity contribution in [2.45, 2.75) is 13.8 Å². The number of carbonyl (C=O) groups excluding carboxylic acids is 2. The second kappa shape index (κ2) is 6.72. The summed E-state index contributed by atoms with van der Waals surface area (Å²) >= 11 is 0. The van der Waals surface area contributed by atoms with Gasteiger partial charge in [-0.25, -0.2) is 0 Å². The van der Waals surface area contributed by atoms with Gasteiger partial charge in [0.05, 0.1) is 6.54 Å². The lowest BCUT2D eigenvalue weighted by molar-refractivity contribution is -0.138. The number of hydrogen-bond acceptors (Lipinski definition) is 3. The van der Waals surface area contributed by atoms with Crippen molar-refractivity contribution in [1.82, 2.24) is 10.2 Å². The Hall–Kier alpha value is -1.88. The first kappa shape index (κ1) is 15.5. The number of aryl methyl sites for hydroxylation is 1. The fourth-order valence-corrected chi connectivity index (χ4v) is 2.34. The van der Waals surface area contributed by atoms with Gasteiger partial charge in [-0.05, 0) is 38.1 Å². The minimum absolute atomic E-state index is 0.0283. The summed E-state index contributed by atoms with van der Waals surface area (Å²) in [5, 5.41) is 5.97. The van der Waals surface area contributed by atoms with Crippen molar-refractivity contribution in [3.05, 3.63) is 29.8 Å². The van der Waals surface area contributed by atoms with E-state index in [1.54, 1.807) is 7.05 Å². The minimum Gasteiger partial charge on any atom is -0.336 e. The molecule has 5 heteroatoms. The normalized spacial score (nSPS) is 16.0. The number of nitrogens with one attached hydrogen (secondary N) is 2. The SMILES string of the molecule is Cc1ccc(NC(=O)CN(C)C(=O)C(C)C2CNC2)cc1. The molecular weight excluding hydrogens is 266 g/mol. The molecule has 1 aromatic carbocycles. The number of amides is 2. The quantitative estimate of drug-likeness (QED) is 0.857. The number of carbonyl (C=O) groups is 2. The van der Waals surface area contributed by atoms with Crippen molar-refractivity contribution in [2.24, 2.45) is 11.8 Å². The van der Waals surface area contributed by atoms with Crippen molar-refractivity contribution in [3.8, 4) is 0 Å². The van der Waals surface area contributed by atoms with E-state index in [4.69, 9.17) is 0 Å². The summed E-state index contributed by atoms with van der Waals surface area (Å²) in [4.78, 5) is 25.7. The van der Waals surface area contributed by atoms with E-state index < -0.39 is 0 Å². The highest BCUT2D eigenvalue weighted by Crippen LogP contribution is 2.18. The summed E-state index contributed by atoms with van der Waals surface area (Å²) in [7, 11) is 1.68. The lowest BCUT2D eigenvalue weighted by atomic mass is 9.88. The zero-order valence-corrected chi connectivity index (χ0v) is 12.8.